The van der Waals surface area contributed by atoms with Gasteiger partial charge in [-0.05, 0) is 40.5 Å². The van der Waals surface area contributed by atoms with E-state index in [0.717, 1.165) is 12.8 Å². The first-order chi connectivity index (χ1) is 9.24. The minimum Gasteiger partial charge on any atom is -0.444 e. The minimum atomic E-state index is -0.595. The molecule has 6 nitrogen and oxygen atoms in total. The van der Waals surface area contributed by atoms with Gasteiger partial charge in [0.1, 0.15) is 11.6 Å². The van der Waals surface area contributed by atoms with Gasteiger partial charge in [0.25, 0.3) is 0 Å². The van der Waals surface area contributed by atoms with Crippen LogP contribution in [0.4, 0.5) is 4.79 Å². The maximum Gasteiger partial charge on any atom is 0.408 e. The van der Waals surface area contributed by atoms with E-state index in [1.807, 2.05) is 0 Å². The lowest BCUT2D eigenvalue weighted by molar-refractivity contribution is -0.134. The van der Waals surface area contributed by atoms with E-state index >= 15 is 0 Å². The maximum atomic E-state index is 12.3. The molecule has 6 heteroatoms. The third kappa shape index (κ3) is 5.00. The summed E-state index contributed by atoms with van der Waals surface area (Å²) in [6, 6.07) is -0.488. The second-order valence-electron chi connectivity index (χ2n) is 6.15. The van der Waals surface area contributed by atoms with Crippen LogP contribution in [-0.2, 0) is 14.3 Å². The first-order valence-electron chi connectivity index (χ1n) is 7.03. The summed E-state index contributed by atoms with van der Waals surface area (Å²) < 4.78 is 10.3. The van der Waals surface area contributed by atoms with Crippen LogP contribution in [0.3, 0.4) is 0 Å². The Kier molecular flexibility index (Phi) is 5.80. The number of nitrogens with zero attached hydrogens (tertiary/aromatic N) is 1. The Morgan fingerprint density at radius 1 is 1.40 bits per heavy atom. The van der Waals surface area contributed by atoms with Gasteiger partial charge in [-0.1, -0.05) is 0 Å². The molecular weight excluding hydrogens is 260 g/mol. The molecule has 0 radical (unpaired) electrons. The van der Waals surface area contributed by atoms with Crippen LogP contribution in [0.25, 0.3) is 0 Å². The Morgan fingerprint density at radius 3 is 2.60 bits per heavy atom. The predicted octanol–water partition coefficient (Wildman–Crippen LogP) is 1.54. The summed E-state index contributed by atoms with van der Waals surface area (Å²) in [7, 11) is 1.63. The lowest BCUT2D eigenvalue weighted by atomic mass is 10.2. The van der Waals surface area contributed by atoms with E-state index in [-0.39, 0.29) is 11.9 Å². The van der Waals surface area contributed by atoms with E-state index in [4.69, 9.17) is 9.47 Å². The molecule has 1 aliphatic rings. The van der Waals surface area contributed by atoms with Crippen molar-refractivity contribution >= 4 is 12.0 Å². The second-order valence-corrected chi connectivity index (χ2v) is 6.15. The van der Waals surface area contributed by atoms with E-state index < -0.39 is 17.7 Å². The van der Waals surface area contributed by atoms with Crippen LogP contribution in [-0.4, -0.2) is 54.8 Å². The smallest absolute Gasteiger partial charge is 0.408 e. The third-order valence-electron chi connectivity index (χ3n) is 3.12. The van der Waals surface area contributed by atoms with E-state index in [2.05, 4.69) is 5.32 Å². The molecule has 1 saturated heterocycles. The topological polar surface area (TPSA) is 67.9 Å². The van der Waals surface area contributed by atoms with Gasteiger partial charge in [0, 0.05) is 13.7 Å². The molecule has 1 heterocycles. The quantitative estimate of drug-likeness (QED) is 0.851. The van der Waals surface area contributed by atoms with Crippen LogP contribution >= 0.6 is 0 Å². The molecule has 116 valence electrons. The molecule has 1 N–H and O–H groups in total. The zero-order valence-corrected chi connectivity index (χ0v) is 13.1. The Labute approximate surface area is 120 Å². The van der Waals surface area contributed by atoms with Gasteiger partial charge < -0.3 is 19.7 Å². The SMILES string of the molecule is COC[C@@H]1CCCN1C(=O)[C@H](C)NC(=O)OC(C)(C)C. The van der Waals surface area contributed by atoms with E-state index in [1.165, 1.54) is 0 Å². The molecular formula is C14H26N2O4. The molecule has 0 aromatic heterocycles. The summed E-state index contributed by atoms with van der Waals surface area (Å²) in [5.74, 6) is -0.0876. The fourth-order valence-corrected chi connectivity index (χ4v) is 2.29. The molecule has 0 aromatic rings. The maximum absolute atomic E-state index is 12.3. The van der Waals surface area contributed by atoms with E-state index in [0.29, 0.717) is 13.2 Å². The first kappa shape index (κ1) is 16.8. The van der Waals surface area contributed by atoms with Crippen molar-refractivity contribution in [1.82, 2.24) is 10.2 Å². The molecule has 2 amide bonds. The molecule has 0 bridgehead atoms. The van der Waals surface area contributed by atoms with Crippen molar-refractivity contribution in [1.29, 1.82) is 0 Å². The van der Waals surface area contributed by atoms with E-state index in [9.17, 15) is 9.59 Å². The molecule has 0 unspecified atom stereocenters. The lowest BCUT2D eigenvalue weighted by Gasteiger charge is -2.28. The van der Waals surface area contributed by atoms with Gasteiger partial charge in [-0.15, -0.1) is 0 Å². The van der Waals surface area contributed by atoms with Gasteiger partial charge in [0.15, 0.2) is 0 Å². The van der Waals surface area contributed by atoms with Gasteiger partial charge in [0.05, 0.1) is 12.6 Å². The van der Waals surface area contributed by atoms with Crippen molar-refractivity contribution in [2.75, 3.05) is 20.3 Å². The standard InChI is InChI=1S/C14H26N2O4/c1-10(15-13(18)20-14(2,3)4)12(17)16-8-6-7-11(16)9-19-5/h10-11H,6-9H2,1-5H3,(H,15,18)/t10-,11-/m0/s1. The Balaban J connectivity index is 2.52. The third-order valence-corrected chi connectivity index (χ3v) is 3.12. The van der Waals surface area contributed by atoms with Crippen molar-refractivity contribution < 1.29 is 19.1 Å². The van der Waals surface area contributed by atoms with Crippen molar-refractivity contribution in [3.05, 3.63) is 0 Å². The van der Waals surface area contributed by atoms with Gasteiger partial charge >= 0.3 is 6.09 Å². The Morgan fingerprint density at radius 2 is 2.05 bits per heavy atom. The number of nitrogens with one attached hydrogen (secondary N) is 1. The summed E-state index contributed by atoms with van der Waals surface area (Å²) in [5.41, 5.74) is -0.570. The Bertz CT molecular complexity index is 352. The summed E-state index contributed by atoms with van der Waals surface area (Å²) >= 11 is 0. The molecule has 0 aromatic carbocycles. The highest BCUT2D eigenvalue weighted by molar-refractivity contribution is 5.85. The average Bonchev–Trinajstić information content (AvgIpc) is 2.73. The number of methoxy groups -OCH3 is 1. The normalized spacial score (nSPS) is 20.6. The monoisotopic (exact) mass is 286 g/mol. The van der Waals surface area contributed by atoms with Crippen molar-refractivity contribution in [2.24, 2.45) is 0 Å². The number of carbonyl (C=O) groups excluding carboxylic acids is 2. The number of rotatable bonds is 4. The van der Waals surface area contributed by atoms with Crippen LogP contribution < -0.4 is 5.32 Å². The van der Waals surface area contributed by atoms with E-state index in [1.54, 1.807) is 39.7 Å². The molecule has 20 heavy (non-hydrogen) atoms. The molecule has 0 saturated carbocycles. The minimum absolute atomic E-state index is 0.0876. The number of amides is 2. The highest BCUT2D eigenvalue weighted by atomic mass is 16.6. The zero-order chi connectivity index (χ0) is 15.3. The largest absolute Gasteiger partial charge is 0.444 e. The highest BCUT2D eigenvalue weighted by Gasteiger charge is 2.32. The van der Waals surface area contributed by atoms with Crippen molar-refractivity contribution in [2.45, 2.75) is 58.2 Å². The summed E-state index contributed by atoms with van der Waals surface area (Å²) in [6.45, 7) is 8.28. The Hall–Kier alpha value is -1.30. The van der Waals surface area contributed by atoms with Crippen LogP contribution in [0, 0.1) is 0 Å². The molecule has 0 spiro atoms. The van der Waals surface area contributed by atoms with Crippen LogP contribution in [0.15, 0.2) is 0 Å². The van der Waals surface area contributed by atoms with Crippen LogP contribution in [0.1, 0.15) is 40.5 Å². The van der Waals surface area contributed by atoms with Gasteiger partial charge in [-0.2, -0.15) is 0 Å². The second kappa shape index (κ2) is 6.92. The van der Waals surface area contributed by atoms with Crippen molar-refractivity contribution in [3.8, 4) is 0 Å². The summed E-state index contributed by atoms with van der Waals surface area (Å²) in [5, 5.41) is 2.58. The summed E-state index contributed by atoms with van der Waals surface area (Å²) in [4.78, 5) is 25.8. The van der Waals surface area contributed by atoms with Gasteiger partial charge in [-0.25, -0.2) is 4.79 Å². The molecule has 1 fully saturated rings. The fraction of sp³-hybridized carbons (Fsp3) is 0.857. The number of likely N-dealkylation sites (tertiary alicyclic amines) is 1. The predicted molar refractivity (Wildman–Crippen MR) is 75.4 cm³/mol. The first-order valence-corrected chi connectivity index (χ1v) is 7.03. The van der Waals surface area contributed by atoms with Crippen LogP contribution in [0.5, 0.6) is 0 Å². The summed E-state index contributed by atoms with van der Waals surface area (Å²) in [6.07, 6.45) is 1.35. The highest BCUT2D eigenvalue weighted by Crippen LogP contribution is 2.18. The van der Waals surface area contributed by atoms with Crippen LogP contribution in [0.2, 0.25) is 0 Å². The van der Waals surface area contributed by atoms with Gasteiger partial charge in [0.2, 0.25) is 5.91 Å². The number of hydrogen-bond donors (Lipinski definition) is 1. The number of alkyl carbamates (subject to hydrolysis) is 1. The fourth-order valence-electron chi connectivity index (χ4n) is 2.29. The molecule has 0 aliphatic carbocycles. The van der Waals surface area contributed by atoms with Crippen molar-refractivity contribution in [3.63, 3.8) is 0 Å². The molecule has 1 aliphatic heterocycles. The zero-order valence-electron chi connectivity index (χ0n) is 13.1. The average molecular weight is 286 g/mol. The number of hydrogen-bond acceptors (Lipinski definition) is 4. The molecule has 2 atom stereocenters. The number of carbonyl (C=O) groups is 2. The molecule has 1 rings (SSSR count). The lowest BCUT2D eigenvalue weighted by Crippen LogP contribution is -2.50. The van der Waals surface area contributed by atoms with Gasteiger partial charge in [-0.3, -0.25) is 4.79 Å². The number of ether oxygens (including phenoxy) is 2.